The third-order valence-electron chi connectivity index (χ3n) is 3.54. The van der Waals surface area contributed by atoms with E-state index in [0.29, 0.717) is 0 Å². The molecule has 2 nitrogen and oxygen atoms in total. The Morgan fingerprint density at radius 3 is 2.59 bits per heavy atom. The molecule has 1 aliphatic rings. The fourth-order valence-electron chi connectivity index (χ4n) is 2.48. The number of hydrogen-bond acceptors (Lipinski definition) is 1. The molecule has 4 rings (SSSR count). The molecule has 3 heteroatoms. The summed E-state index contributed by atoms with van der Waals surface area (Å²) >= 11 is 0. The van der Waals surface area contributed by atoms with E-state index in [4.69, 9.17) is 0 Å². The molecule has 0 N–H and O–H groups in total. The number of benzene rings is 2. The Bertz CT molecular complexity index is 881. The standard InChI is InChI=1S/C19H13N2.K/c1-3-7-18-14(5-1)9-11-16(20-18)13-17-12-10-15-6-2-4-8-19(15)21-17;/h1-13H;/q-1;+1/b16-13-;. The largest absolute Gasteiger partial charge is 1.00 e. The van der Waals surface area contributed by atoms with E-state index in [-0.39, 0.29) is 51.4 Å². The molecule has 0 aliphatic carbocycles. The molecule has 0 atom stereocenters. The quantitative estimate of drug-likeness (QED) is 0.634. The zero-order valence-electron chi connectivity index (χ0n) is 12.4. The van der Waals surface area contributed by atoms with E-state index in [9.17, 15) is 0 Å². The molecule has 3 aromatic rings. The average molecular weight is 308 g/mol. The fourth-order valence-corrected chi connectivity index (χ4v) is 2.48. The van der Waals surface area contributed by atoms with Gasteiger partial charge in [-0.25, -0.2) is 4.98 Å². The first kappa shape index (κ1) is 15.7. The van der Waals surface area contributed by atoms with Crippen LogP contribution in [0.1, 0.15) is 11.3 Å². The maximum atomic E-state index is 4.66. The summed E-state index contributed by atoms with van der Waals surface area (Å²) in [6, 6.07) is 20.4. The number of allylic oxidation sites excluding steroid dienone is 1. The monoisotopic (exact) mass is 308 g/mol. The van der Waals surface area contributed by atoms with Gasteiger partial charge < -0.3 is 5.32 Å². The molecule has 1 aliphatic heterocycles. The van der Waals surface area contributed by atoms with Gasteiger partial charge in [0.25, 0.3) is 0 Å². The van der Waals surface area contributed by atoms with Crippen LogP contribution in [-0.4, -0.2) is 4.98 Å². The Kier molecular flexibility index (Phi) is 4.91. The van der Waals surface area contributed by atoms with Crippen molar-refractivity contribution in [3.63, 3.8) is 0 Å². The van der Waals surface area contributed by atoms with Crippen LogP contribution in [0.2, 0.25) is 0 Å². The van der Waals surface area contributed by atoms with Gasteiger partial charge in [0.1, 0.15) is 0 Å². The SMILES string of the molecule is C1=Cc2ccccc2[N-]/C1=C\c1ccc2ccccc2n1.[K+]. The summed E-state index contributed by atoms with van der Waals surface area (Å²) in [5, 5.41) is 5.81. The molecule has 100 valence electrons. The van der Waals surface area contributed by atoms with Crippen molar-refractivity contribution >= 4 is 28.7 Å². The van der Waals surface area contributed by atoms with Crippen molar-refractivity contribution in [3.05, 3.63) is 89.0 Å². The Morgan fingerprint density at radius 2 is 1.64 bits per heavy atom. The van der Waals surface area contributed by atoms with Gasteiger partial charge in [0.2, 0.25) is 0 Å². The molecule has 0 radical (unpaired) electrons. The summed E-state index contributed by atoms with van der Waals surface area (Å²) in [5.41, 5.74) is 5.02. The van der Waals surface area contributed by atoms with Crippen LogP contribution >= 0.6 is 0 Å². The van der Waals surface area contributed by atoms with Crippen molar-refractivity contribution in [2.45, 2.75) is 0 Å². The van der Waals surface area contributed by atoms with Gasteiger partial charge in [-0.3, -0.25) is 0 Å². The van der Waals surface area contributed by atoms with E-state index in [1.165, 1.54) is 0 Å². The minimum atomic E-state index is 0. The first-order chi connectivity index (χ1) is 10.4. The zero-order valence-corrected chi connectivity index (χ0v) is 15.5. The third kappa shape index (κ3) is 3.24. The van der Waals surface area contributed by atoms with Crippen molar-refractivity contribution in [1.29, 1.82) is 0 Å². The molecule has 22 heavy (non-hydrogen) atoms. The van der Waals surface area contributed by atoms with Crippen LogP contribution < -0.4 is 51.4 Å². The first-order valence-electron chi connectivity index (χ1n) is 6.95. The van der Waals surface area contributed by atoms with Crippen LogP contribution in [-0.2, 0) is 0 Å². The summed E-state index contributed by atoms with van der Waals surface area (Å²) in [6.45, 7) is 0. The van der Waals surface area contributed by atoms with E-state index < -0.39 is 0 Å². The van der Waals surface area contributed by atoms with Crippen LogP contribution in [0.15, 0.2) is 72.4 Å². The summed E-state index contributed by atoms with van der Waals surface area (Å²) in [6.07, 6.45) is 6.13. The van der Waals surface area contributed by atoms with Crippen LogP contribution in [0, 0.1) is 0 Å². The number of para-hydroxylation sites is 2. The molecule has 2 aromatic carbocycles. The van der Waals surface area contributed by atoms with Gasteiger partial charge in [0.05, 0.1) is 11.2 Å². The third-order valence-corrected chi connectivity index (χ3v) is 3.54. The molecule has 1 aromatic heterocycles. The molecule has 0 amide bonds. The molecular formula is C19H13KN2. The molecule has 0 bridgehead atoms. The Hall–Kier alpha value is -1.23. The minimum Gasteiger partial charge on any atom is -0.657 e. The first-order valence-corrected chi connectivity index (χ1v) is 6.95. The van der Waals surface area contributed by atoms with E-state index in [0.717, 1.165) is 33.5 Å². The molecule has 0 fully saturated rings. The summed E-state index contributed by atoms with van der Waals surface area (Å²) in [7, 11) is 0. The maximum absolute atomic E-state index is 4.66. The molecule has 0 saturated carbocycles. The smallest absolute Gasteiger partial charge is 0.657 e. The summed E-state index contributed by atoms with van der Waals surface area (Å²) < 4.78 is 0. The fraction of sp³-hybridized carbons (Fsp3) is 0. The van der Waals surface area contributed by atoms with Crippen molar-refractivity contribution < 1.29 is 51.4 Å². The van der Waals surface area contributed by atoms with Crippen LogP contribution in [0.3, 0.4) is 0 Å². The van der Waals surface area contributed by atoms with Crippen molar-refractivity contribution in [2.24, 2.45) is 0 Å². The van der Waals surface area contributed by atoms with Gasteiger partial charge >= 0.3 is 51.4 Å². The minimum absolute atomic E-state index is 0. The van der Waals surface area contributed by atoms with Crippen molar-refractivity contribution in [3.8, 4) is 0 Å². The van der Waals surface area contributed by atoms with Gasteiger partial charge in [0.15, 0.2) is 0 Å². The summed E-state index contributed by atoms with van der Waals surface area (Å²) in [4.78, 5) is 4.66. The molecular weight excluding hydrogens is 295 g/mol. The van der Waals surface area contributed by atoms with Crippen LogP contribution in [0.25, 0.3) is 28.4 Å². The number of nitrogens with zero attached hydrogens (tertiary/aromatic N) is 2. The molecule has 0 saturated heterocycles. The second-order valence-corrected chi connectivity index (χ2v) is 5.00. The van der Waals surface area contributed by atoms with E-state index in [2.05, 4.69) is 34.6 Å². The summed E-state index contributed by atoms with van der Waals surface area (Å²) in [5.74, 6) is 0. The second-order valence-electron chi connectivity index (χ2n) is 5.00. The Labute approximate surface area is 172 Å². The van der Waals surface area contributed by atoms with E-state index in [1.807, 2.05) is 54.6 Å². The van der Waals surface area contributed by atoms with Crippen molar-refractivity contribution in [2.75, 3.05) is 0 Å². The number of pyridine rings is 1. The topological polar surface area (TPSA) is 27.0 Å². The zero-order chi connectivity index (χ0) is 14.1. The van der Waals surface area contributed by atoms with E-state index in [1.54, 1.807) is 0 Å². The number of aromatic nitrogens is 1. The van der Waals surface area contributed by atoms with Crippen LogP contribution in [0.4, 0.5) is 5.69 Å². The Morgan fingerprint density at radius 1 is 0.818 bits per heavy atom. The van der Waals surface area contributed by atoms with Gasteiger partial charge in [-0.2, -0.15) is 0 Å². The van der Waals surface area contributed by atoms with Crippen LogP contribution in [0.5, 0.6) is 0 Å². The van der Waals surface area contributed by atoms with Gasteiger partial charge in [-0.05, 0) is 17.7 Å². The number of rotatable bonds is 1. The van der Waals surface area contributed by atoms with Gasteiger partial charge in [-0.15, -0.1) is 11.4 Å². The molecule has 0 spiro atoms. The van der Waals surface area contributed by atoms with Gasteiger partial charge in [-0.1, -0.05) is 66.8 Å². The number of fused-ring (bicyclic) bond motifs is 2. The molecule has 2 heterocycles. The predicted octanol–water partition coefficient (Wildman–Crippen LogP) is 2.31. The molecule has 0 unspecified atom stereocenters. The Balaban J connectivity index is 0.00000144. The normalized spacial score (nSPS) is 14.3. The number of hydrogen-bond donors (Lipinski definition) is 0. The van der Waals surface area contributed by atoms with Gasteiger partial charge in [0, 0.05) is 5.39 Å². The van der Waals surface area contributed by atoms with Crippen molar-refractivity contribution in [1.82, 2.24) is 4.98 Å². The van der Waals surface area contributed by atoms with E-state index >= 15 is 0 Å². The maximum Gasteiger partial charge on any atom is 1.00 e. The predicted molar refractivity (Wildman–Crippen MR) is 88.2 cm³/mol. The second kappa shape index (κ2) is 6.90. The average Bonchev–Trinajstić information content (AvgIpc) is 2.55.